The van der Waals surface area contributed by atoms with Gasteiger partial charge >= 0.3 is 0 Å². The number of hydrogen-bond acceptors (Lipinski definition) is 7. The number of nitrogens with zero attached hydrogens (tertiary/aromatic N) is 2. The second-order valence-electron chi connectivity index (χ2n) is 12.0. The highest BCUT2D eigenvalue weighted by molar-refractivity contribution is 5.88. The summed E-state index contributed by atoms with van der Waals surface area (Å²) in [5.74, 6) is 0.693. The van der Waals surface area contributed by atoms with E-state index in [2.05, 4.69) is 36.2 Å². The number of aliphatic hydroxyl groups is 4. The Bertz CT molecular complexity index is 1360. The number of pyridine rings is 1. The molecule has 4 aliphatic carbocycles. The van der Waals surface area contributed by atoms with Gasteiger partial charge in [0.2, 0.25) is 0 Å². The summed E-state index contributed by atoms with van der Waals surface area (Å²) in [6, 6.07) is 7.91. The molecule has 1 aromatic heterocycles. The molecule has 0 spiro atoms. The number of allylic oxidation sites excluding steroid dienone is 3. The van der Waals surface area contributed by atoms with Gasteiger partial charge in [-0.05, 0) is 91.9 Å². The fraction of sp³-hybridized carbons (Fsp3) is 0.500. The molecule has 2 aromatic rings. The molecule has 4 aliphatic rings. The van der Waals surface area contributed by atoms with Crippen molar-refractivity contribution in [2.24, 2.45) is 11.3 Å². The minimum Gasteiger partial charge on any atom is -0.388 e. The molecule has 1 fully saturated rings. The van der Waals surface area contributed by atoms with E-state index in [4.69, 9.17) is 5.73 Å². The maximum Gasteiger partial charge on any atom is 0.123 e. The number of fused-ring (bicyclic) bond motifs is 4. The molecular weight excluding hydrogens is 466 g/mol. The molecule has 37 heavy (non-hydrogen) atoms. The molecule has 1 aromatic carbocycles. The first-order valence-corrected chi connectivity index (χ1v) is 13.3. The van der Waals surface area contributed by atoms with Gasteiger partial charge in [0.05, 0.1) is 17.8 Å². The summed E-state index contributed by atoms with van der Waals surface area (Å²) in [6.45, 7) is 2.25. The number of aliphatic hydroxyl groups excluding tert-OH is 3. The van der Waals surface area contributed by atoms with Gasteiger partial charge in [-0.25, -0.2) is 4.98 Å². The zero-order chi connectivity index (χ0) is 26.3. The third-order valence-corrected chi connectivity index (χ3v) is 9.67. The zero-order valence-electron chi connectivity index (χ0n) is 21.7. The van der Waals surface area contributed by atoms with Crippen LogP contribution in [0.25, 0.3) is 16.3 Å². The fourth-order valence-corrected chi connectivity index (χ4v) is 7.62. The van der Waals surface area contributed by atoms with E-state index in [-0.39, 0.29) is 17.4 Å². The van der Waals surface area contributed by atoms with Crippen molar-refractivity contribution in [1.82, 2.24) is 9.88 Å². The SMILES string of the molecule is CN(C)[C@H]1C[C@]2(O)CCC3=C(C=C2[C@@H](O)[C@@H]1O)C(O)C[C@]1(C)C(c2ccc4cnc(N)cc4c2)=CCC31. The lowest BCUT2D eigenvalue weighted by Crippen LogP contribution is -2.58. The molecule has 0 bridgehead atoms. The highest BCUT2D eigenvalue weighted by Gasteiger charge is 2.53. The minimum atomic E-state index is -1.22. The summed E-state index contributed by atoms with van der Waals surface area (Å²) in [6.07, 6.45) is 5.90. The van der Waals surface area contributed by atoms with Gasteiger partial charge in [0.15, 0.2) is 0 Å². The Labute approximate surface area is 217 Å². The highest BCUT2D eigenvalue weighted by atomic mass is 16.3. The first-order chi connectivity index (χ1) is 17.5. The molecule has 0 radical (unpaired) electrons. The molecule has 0 aliphatic heterocycles. The molecule has 6 N–H and O–H groups in total. The Kier molecular flexibility index (Phi) is 5.68. The molecule has 1 heterocycles. The van der Waals surface area contributed by atoms with Crippen molar-refractivity contribution in [1.29, 1.82) is 0 Å². The van der Waals surface area contributed by atoms with Gasteiger partial charge in [0.25, 0.3) is 0 Å². The predicted octanol–water partition coefficient (Wildman–Crippen LogP) is 2.79. The quantitative estimate of drug-likeness (QED) is 0.427. The van der Waals surface area contributed by atoms with Crippen LogP contribution in [0.4, 0.5) is 5.82 Å². The van der Waals surface area contributed by atoms with Crippen LogP contribution < -0.4 is 5.73 Å². The number of anilines is 1. The molecule has 7 heteroatoms. The van der Waals surface area contributed by atoms with Gasteiger partial charge in [-0.3, -0.25) is 0 Å². The number of aromatic nitrogens is 1. The fourth-order valence-electron chi connectivity index (χ4n) is 7.62. The van der Waals surface area contributed by atoms with Gasteiger partial charge in [-0.2, -0.15) is 0 Å². The molecule has 196 valence electrons. The smallest absolute Gasteiger partial charge is 0.123 e. The lowest BCUT2D eigenvalue weighted by Gasteiger charge is -2.46. The number of nitrogens with two attached hydrogens (primary N) is 1. The third kappa shape index (κ3) is 3.71. The van der Waals surface area contributed by atoms with E-state index < -0.39 is 23.9 Å². The normalized spacial score (nSPS) is 37.6. The Morgan fingerprint density at radius 1 is 1.08 bits per heavy atom. The first-order valence-electron chi connectivity index (χ1n) is 13.3. The molecule has 0 amide bonds. The van der Waals surface area contributed by atoms with Gasteiger partial charge in [0.1, 0.15) is 11.9 Å². The number of benzene rings is 1. The van der Waals surface area contributed by atoms with E-state index in [0.717, 1.165) is 28.3 Å². The molecule has 1 saturated carbocycles. The molecule has 7 atom stereocenters. The van der Waals surface area contributed by atoms with Crippen LogP contribution in [0.5, 0.6) is 0 Å². The van der Waals surface area contributed by atoms with Crippen molar-refractivity contribution in [2.75, 3.05) is 19.8 Å². The standard InChI is InChI=1S/C30H37N3O4/c1-29-14-25(34)20-12-23-27(35)28(36)24(33(2)3)13-30(23,37)9-8-19(20)22(29)7-6-21(29)16-4-5-17-15-32-26(31)11-18(17)10-16/h4-6,10-12,15,22,24-25,27-28,34-37H,7-9,13-14H2,1-3H3,(H2,31,32)/t22?,24-,25?,27+,28+,29+,30+/m0/s1. The van der Waals surface area contributed by atoms with Crippen molar-refractivity contribution in [3.8, 4) is 0 Å². The summed E-state index contributed by atoms with van der Waals surface area (Å²) >= 11 is 0. The summed E-state index contributed by atoms with van der Waals surface area (Å²) in [5, 5.41) is 47.2. The number of rotatable bonds is 2. The summed E-state index contributed by atoms with van der Waals surface area (Å²) in [5.41, 5.74) is 9.25. The third-order valence-electron chi connectivity index (χ3n) is 9.67. The molecule has 7 nitrogen and oxygen atoms in total. The average molecular weight is 504 g/mol. The first kappa shape index (κ1) is 24.8. The maximum absolute atomic E-state index is 11.8. The van der Waals surface area contributed by atoms with Gasteiger partial charge in [0, 0.05) is 23.0 Å². The van der Waals surface area contributed by atoms with Crippen molar-refractivity contribution in [3.05, 3.63) is 64.9 Å². The van der Waals surface area contributed by atoms with Crippen LogP contribution in [0.2, 0.25) is 0 Å². The topological polar surface area (TPSA) is 123 Å². The largest absolute Gasteiger partial charge is 0.388 e. The summed E-state index contributed by atoms with van der Waals surface area (Å²) in [4.78, 5) is 6.07. The summed E-state index contributed by atoms with van der Waals surface area (Å²) < 4.78 is 0. The van der Waals surface area contributed by atoms with Crippen LogP contribution in [0.15, 0.2) is 59.3 Å². The second kappa shape index (κ2) is 8.48. The zero-order valence-corrected chi connectivity index (χ0v) is 21.7. The molecule has 2 unspecified atom stereocenters. The Hall–Kier alpha value is -2.55. The Balaban J connectivity index is 1.37. The van der Waals surface area contributed by atoms with E-state index in [9.17, 15) is 20.4 Å². The van der Waals surface area contributed by atoms with Crippen LogP contribution in [-0.4, -0.2) is 74.4 Å². The second-order valence-corrected chi connectivity index (χ2v) is 12.0. The van der Waals surface area contributed by atoms with Crippen LogP contribution in [0, 0.1) is 11.3 Å². The molecule has 6 rings (SSSR count). The van der Waals surface area contributed by atoms with Crippen LogP contribution in [-0.2, 0) is 0 Å². The number of nitrogen functional groups attached to an aromatic ring is 1. The number of hydrogen-bond donors (Lipinski definition) is 5. The monoisotopic (exact) mass is 503 g/mol. The highest BCUT2D eigenvalue weighted by Crippen LogP contribution is 2.60. The van der Waals surface area contributed by atoms with E-state index in [1.54, 1.807) is 6.20 Å². The van der Waals surface area contributed by atoms with E-state index in [1.165, 1.54) is 11.1 Å². The van der Waals surface area contributed by atoms with Crippen molar-refractivity contribution < 1.29 is 20.4 Å². The Morgan fingerprint density at radius 3 is 2.62 bits per heavy atom. The Morgan fingerprint density at radius 2 is 1.86 bits per heavy atom. The minimum absolute atomic E-state index is 0.200. The van der Waals surface area contributed by atoms with E-state index in [1.807, 2.05) is 31.1 Å². The van der Waals surface area contributed by atoms with Crippen LogP contribution >= 0.6 is 0 Å². The molecular formula is C30H37N3O4. The lowest BCUT2D eigenvalue weighted by molar-refractivity contribution is -0.0922. The average Bonchev–Trinajstić information content (AvgIpc) is 3.09. The van der Waals surface area contributed by atoms with Crippen molar-refractivity contribution in [2.45, 2.75) is 69.0 Å². The molecule has 0 saturated heterocycles. The van der Waals surface area contributed by atoms with Gasteiger partial charge < -0.3 is 31.1 Å². The summed E-state index contributed by atoms with van der Waals surface area (Å²) in [7, 11) is 3.72. The van der Waals surface area contributed by atoms with Crippen molar-refractivity contribution in [3.63, 3.8) is 0 Å². The van der Waals surface area contributed by atoms with Crippen LogP contribution in [0.1, 0.15) is 44.6 Å². The van der Waals surface area contributed by atoms with Gasteiger partial charge in [-0.15, -0.1) is 0 Å². The maximum atomic E-state index is 11.8. The predicted molar refractivity (Wildman–Crippen MR) is 144 cm³/mol. The van der Waals surface area contributed by atoms with Crippen molar-refractivity contribution >= 4 is 22.2 Å². The van der Waals surface area contributed by atoms with Crippen LogP contribution in [0.3, 0.4) is 0 Å². The van der Waals surface area contributed by atoms with Gasteiger partial charge in [-0.1, -0.05) is 36.8 Å². The van der Waals surface area contributed by atoms with E-state index in [0.29, 0.717) is 37.1 Å². The lowest BCUT2D eigenvalue weighted by atomic mass is 9.61. The number of likely N-dealkylation sites (N-methyl/N-ethyl adjacent to an activating group) is 1. The van der Waals surface area contributed by atoms with E-state index >= 15 is 0 Å².